The van der Waals surface area contributed by atoms with Crippen LogP contribution in [0.15, 0.2) is 83.9 Å². The number of rotatable bonds is 18. The second kappa shape index (κ2) is 17.4. The molecule has 0 spiro atoms. The molecule has 3 aromatic carbocycles. The Kier molecular flexibility index (Phi) is 13.2. The smallest absolute Gasteiger partial charge is 0.245 e. The number of unbranched alkanes of at least 4 members (excludes halogenated alkanes) is 5. The lowest BCUT2D eigenvalue weighted by Gasteiger charge is -2.14. The van der Waals surface area contributed by atoms with Crippen molar-refractivity contribution in [1.82, 2.24) is 5.32 Å². The molecule has 0 radical (unpaired) electrons. The van der Waals surface area contributed by atoms with Crippen molar-refractivity contribution in [2.75, 3.05) is 20.3 Å². The van der Waals surface area contributed by atoms with E-state index in [4.69, 9.17) is 25.7 Å². The summed E-state index contributed by atoms with van der Waals surface area (Å²) in [5.74, 6) is 2.18. The summed E-state index contributed by atoms with van der Waals surface area (Å²) in [7, 11) is 1.62. The van der Waals surface area contributed by atoms with Crippen molar-refractivity contribution in [3.05, 3.63) is 90.0 Å². The maximum Gasteiger partial charge on any atom is 0.245 e. The Labute approximate surface area is 237 Å². The zero-order chi connectivity index (χ0) is 28.4. The Morgan fingerprint density at radius 1 is 0.750 bits per heavy atom. The molecule has 0 saturated heterocycles. The quantitative estimate of drug-likeness (QED) is 0.117. The highest BCUT2D eigenvalue weighted by Crippen LogP contribution is 2.19. The molecule has 5 N–H and O–H groups in total. The first-order chi connectivity index (χ1) is 19.5. The average Bonchev–Trinajstić information content (AvgIpc) is 2.98. The van der Waals surface area contributed by atoms with Gasteiger partial charge in [-0.1, -0.05) is 68.1 Å². The summed E-state index contributed by atoms with van der Waals surface area (Å²) in [5, 5.41) is 2.97. The minimum absolute atomic E-state index is 0.0949. The molecule has 1 atom stereocenters. The van der Waals surface area contributed by atoms with Crippen LogP contribution in [0.2, 0.25) is 0 Å². The van der Waals surface area contributed by atoms with Crippen LogP contribution in [-0.4, -0.2) is 38.2 Å². The number of carbonyl (C=O) groups excluding carboxylic acids is 1. The monoisotopic (exact) mass is 546 g/mol. The number of nitrogens with one attached hydrogen (secondary N) is 1. The number of ether oxygens (including phenoxy) is 3. The van der Waals surface area contributed by atoms with Crippen LogP contribution in [0.25, 0.3) is 0 Å². The Hall–Kier alpha value is -4.20. The van der Waals surface area contributed by atoms with Gasteiger partial charge in [0.2, 0.25) is 5.91 Å². The van der Waals surface area contributed by atoms with Gasteiger partial charge in [0.1, 0.15) is 29.9 Å². The lowest BCUT2D eigenvalue weighted by molar-refractivity contribution is -0.122. The van der Waals surface area contributed by atoms with Gasteiger partial charge in [0.25, 0.3) is 0 Å². The molecule has 0 aliphatic carbocycles. The van der Waals surface area contributed by atoms with Crippen LogP contribution in [0.3, 0.4) is 0 Å². The number of methoxy groups -OCH3 is 1. The second-order valence-electron chi connectivity index (χ2n) is 9.63. The summed E-state index contributed by atoms with van der Waals surface area (Å²) in [6, 6.07) is 24.8. The van der Waals surface area contributed by atoms with Crippen molar-refractivity contribution in [3.8, 4) is 17.2 Å². The van der Waals surface area contributed by atoms with E-state index in [1.807, 2.05) is 78.9 Å². The number of nitrogens with two attached hydrogens (primary N) is 2. The molecule has 0 bridgehead atoms. The fourth-order valence-electron chi connectivity index (χ4n) is 4.19. The van der Waals surface area contributed by atoms with Crippen molar-refractivity contribution in [3.63, 3.8) is 0 Å². The normalized spacial score (nSPS) is 11.3. The van der Waals surface area contributed by atoms with E-state index in [-0.39, 0.29) is 11.9 Å². The van der Waals surface area contributed by atoms with Gasteiger partial charge >= 0.3 is 0 Å². The van der Waals surface area contributed by atoms with Crippen molar-refractivity contribution >= 4 is 11.9 Å². The maximum absolute atomic E-state index is 12.7. The molecule has 3 rings (SSSR count). The van der Waals surface area contributed by atoms with Crippen molar-refractivity contribution < 1.29 is 19.0 Å². The zero-order valence-electron chi connectivity index (χ0n) is 23.4. The highest BCUT2D eigenvalue weighted by molar-refractivity contribution is 5.86. The lowest BCUT2D eigenvalue weighted by atomic mass is 10.1. The number of carbonyl (C=O) groups is 1. The van der Waals surface area contributed by atoms with Gasteiger partial charge in [-0.25, -0.2) is 4.99 Å². The van der Waals surface area contributed by atoms with E-state index in [2.05, 4.69) is 10.3 Å². The summed E-state index contributed by atoms with van der Waals surface area (Å²) < 4.78 is 16.9. The summed E-state index contributed by atoms with van der Waals surface area (Å²) in [4.78, 5) is 16.8. The second-order valence-corrected chi connectivity index (χ2v) is 9.63. The molecule has 8 nitrogen and oxygen atoms in total. The third-order valence-corrected chi connectivity index (χ3v) is 6.41. The zero-order valence-corrected chi connectivity index (χ0v) is 23.4. The van der Waals surface area contributed by atoms with Gasteiger partial charge in [0.05, 0.1) is 13.7 Å². The highest BCUT2D eigenvalue weighted by atomic mass is 16.5. The van der Waals surface area contributed by atoms with Crippen LogP contribution < -0.4 is 31.0 Å². The van der Waals surface area contributed by atoms with Crippen LogP contribution in [0.4, 0.5) is 0 Å². The van der Waals surface area contributed by atoms with E-state index in [1.54, 1.807) is 7.11 Å². The number of benzene rings is 3. The van der Waals surface area contributed by atoms with Gasteiger partial charge in [0.15, 0.2) is 5.96 Å². The van der Waals surface area contributed by atoms with E-state index < -0.39 is 6.04 Å². The molecule has 0 aliphatic heterocycles. The van der Waals surface area contributed by atoms with Gasteiger partial charge in [-0.15, -0.1) is 0 Å². The Balaban J connectivity index is 1.22. The SMILES string of the molecule is COc1ccc(CC(N=C(N)N)C(=O)NCCCCCCCCOc2ccc(OCc3ccccc3)cc2)cc1. The predicted molar refractivity (Wildman–Crippen MR) is 160 cm³/mol. The third kappa shape index (κ3) is 11.7. The topological polar surface area (TPSA) is 121 Å². The number of hydrogen-bond donors (Lipinski definition) is 3. The summed E-state index contributed by atoms with van der Waals surface area (Å²) in [6.07, 6.45) is 6.76. The van der Waals surface area contributed by atoms with Crippen molar-refractivity contribution in [2.24, 2.45) is 16.5 Å². The number of nitrogens with zero attached hydrogens (tertiary/aromatic N) is 1. The van der Waals surface area contributed by atoms with Crippen molar-refractivity contribution in [1.29, 1.82) is 0 Å². The minimum atomic E-state index is -0.656. The molecule has 8 heteroatoms. The molecule has 0 aromatic heterocycles. The lowest BCUT2D eigenvalue weighted by Crippen LogP contribution is -2.38. The Morgan fingerprint density at radius 3 is 2.00 bits per heavy atom. The van der Waals surface area contributed by atoms with E-state index in [9.17, 15) is 4.79 Å². The molecule has 1 amide bonds. The number of guanidine groups is 1. The average molecular weight is 547 g/mol. The Bertz CT molecular complexity index is 1150. The number of aliphatic imine (C=N–C) groups is 1. The van der Waals surface area contributed by atoms with Gasteiger partial charge in [0, 0.05) is 13.0 Å². The molecule has 0 heterocycles. The third-order valence-electron chi connectivity index (χ3n) is 6.41. The Morgan fingerprint density at radius 2 is 1.35 bits per heavy atom. The fourth-order valence-corrected chi connectivity index (χ4v) is 4.19. The molecule has 214 valence electrons. The standard InChI is InChI=1S/C32H42N4O4/c1-38-27-15-13-25(14-16-27)23-30(36-32(33)34)31(37)35-21-9-4-2-3-5-10-22-39-28-17-19-29(20-18-28)40-24-26-11-7-6-8-12-26/h6-8,11-20,30H,2-5,9-10,21-24H2,1H3,(H,35,37)(H4,33,34,36). The summed E-state index contributed by atoms with van der Waals surface area (Å²) >= 11 is 0. The predicted octanol–water partition coefficient (Wildman–Crippen LogP) is 4.99. The first-order valence-electron chi connectivity index (χ1n) is 13.9. The van der Waals surface area contributed by atoms with Gasteiger partial charge in [-0.2, -0.15) is 0 Å². The summed E-state index contributed by atoms with van der Waals surface area (Å²) in [6.45, 7) is 1.85. The van der Waals surface area contributed by atoms with E-state index in [0.29, 0.717) is 26.2 Å². The van der Waals surface area contributed by atoms with Crippen LogP contribution in [0.1, 0.15) is 49.7 Å². The largest absolute Gasteiger partial charge is 0.497 e. The van der Waals surface area contributed by atoms with Crippen LogP contribution >= 0.6 is 0 Å². The first kappa shape index (κ1) is 30.3. The molecule has 0 fully saturated rings. The number of amides is 1. The fraction of sp³-hybridized carbons (Fsp3) is 0.375. The molecule has 3 aromatic rings. The molecule has 1 unspecified atom stereocenters. The van der Waals surface area contributed by atoms with E-state index >= 15 is 0 Å². The van der Waals surface area contributed by atoms with Crippen molar-refractivity contribution in [2.45, 2.75) is 57.6 Å². The minimum Gasteiger partial charge on any atom is -0.497 e. The van der Waals surface area contributed by atoms with Gasteiger partial charge in [-0.05, 0) is 60.4 Å². The maximum atomic E-state index is 12.7. The van der Waals surface area contributed by atoms with E-state index in [0.717, 1.165) is 66.9 Å². The van der Waals surface area contributed by atoms with Gasteiger partial charge in [-0.3, -0.25) is 4.79 Å². The molecular formula is C32H42N4O4. The summed E-state index contributed by atoms with van der Waals surface area (Å²) in [5.41, 5.74) is 13.2. The number of hydrogen-bond acceptors (Lipinski definition) is 5. The molecular weight excluding hydrogens is 504 g/mol. The highest BCUT2D eigenvalue weighted by Gasteiger charge is 2.18. The van der Waals surface area contributed by atoms with Crippen LogP contribution in [0.5, 0.6) is 17.2 Å². The van der Waals surface area contributed by atoms with E-state index in [1.165, 1.54) is 0 Å². The molecule has 0 saturated carbocycles. The molecule has 40 heavy (non-hydrogen) atoms. The van der Waals surface area contributed by atoms with Crippen LogP contribution in [0, 0.1) is 0 Å². The van der Waals surface area contributed by atoms with Crippen LogP contribution in [-0.2, 0) is 17.8 Å². The first-order valence-corrected chi connectivity index (χ1v) is 13.9. The van der Waals surface area contributed by atoms with Gasteiger partial charge < -0.3 is 31.0 Å². The molecule has 0 aliphatic rings.